The Morgan fingerprint density at radius 1 is 1.03 bits per heavy atom. The maximum absolute atomic E-state index is 12.6. The van der Waals surface area contributed by atoms with Crippen molar-refractivity contribution >= 4 is 35.4 Å². The smallest absolute Gasteiger partial charge is 0.387 e. The van der Waals surface area contributed by atoms with Crippen molar-refractivity contribution < 1.29 is 41.7 Å². The number of fused-ring (bicyclic) bond motifs is 1. The normalized spacial score (nSPS) is 12.9. The van der Waals surface area contributed by atoms with Crippen LogP contribution in [-0.4, -0.2) is 36.0 Å². The van der Waals surface area contributed by atoms with Crippen LogP contribution in [0.2, 0.25) is 0 Å². The summed E-state index contributed by atoms with van der Waals surface area (Å²) < 4.78 is 58.8. The minimum absolute atomic E-state index is 0.0918. The van der Waals surface area contributed by atoms with E-state index in [1.54, 1.807) is 6.07 Å². The Morgan fingerprint density at radius 2 is 1.67 bits per heavy atom. The summed E-state index contributed by atoms with van der Waals surface area (Å²) in [7, 11) is 0. The van der Waals surface area contributed by atoms with Crippen LogP contribution in [0.5, 0.6) is 11.5 Å². The number of carbonyl (C=O) groups excluding carboxylic acids is 1. The van der Waals surface area contributed by atoms with E-state index in [1.807, 2.05) is 0 Å². The molecule has 0 bridgehead atoms. The molecular weight excluding hydrogens is 430 g/mol. The lowest BCUT2D eigenvalue weighted by Gasteiger charge is -2.19. The molecule has 0 aromatic heterocycles. The van der Waals surface area contributed by atoms with E-state index in [1.165, 1.54) is 24.3 Å². The molecule has 2 aromatic rings. The fraction of sp³-hybridized carbons (Fsp3) is 0.158. The standard InChI is InChI=1S/C19H13F4NO5S/c20-18(21)28-13-6-9-5-10(8-30-15(9)7-14(13)29-19(22)23)16(25)24-12-4-2-1-3-11(12)17(26)27/h1-7,18-19H,8H2,(H,24,25)(H,26,27). The van der Waals surface area contributed by atoms with Crippen molar-refractivity contribution in [2.45, 2.75) is 18.1 Å². The number of alkyl halides is 4. The molecule has 0 saturated carbocycles. The van der Waals surface area contributed by atoms with E-state index in [9.17, 15) is 32.3 Å². The predicted octanol–water partition coefficient (Wildman–Crippen LogP) is 4.72. The second-order valence-corrected chi connectivity index (χ2v) is 6.87. The zero-order valence-electron chi connectivity index (χ0n) is 14.9. The van der Waals surface area contributed by atoms with E-state index >= 15 is 0 Å². The van der Waals surface area contributed by atoms with Crippen molar-refractivity contribution in [1.29, 1.82) is 0 Å². The first kappa shape index (κ1) is 21.5. The molecule has 0 atom stereocenters. The number of amides is 1. The maximum atomic E-state index is 12.6. The molecule has 2 N–H and O–H groups in total. The number of thioether (sulfide) groups is 1. The molecule has 1 heterocycles. The van der Waals surface area contributed by atoms with Gasteiger partial charge in [0.25, 0.3) is 5.91 Å². The highest BCUT2D eigenvalue weighted by molar-refractivity contribution is 7.99. The van der Waals surface area contributed by atoms with Crippen LogP contribution in [-0.2, 0) is 4.79 Å². The van der Waals surface area contributed by atoms with Gasteiger partial charge in [-0.1, -0.05) is 12.1 Å². The zero-order valence-corrected chi connectivity index (χ0v) is 15.7. The van der Waals surface area contributed by atoms with Gasteiger partial charge in [0.2, 0.25) is 0 Å². The van der Waals surface area contributed by atoms with Gasteiger partial charge in [0.1, 0.15) is 0 Å². The Labute approximate surface area is 171 Å². The predicted molar refractivity (Wildman–Crippen MR) is 100 cm³/mol. The highest BCUT2D eigenvalue weighted by Gasteiger charge is 2.23. The minimum Gasteiger partial charge on any atom is -0.478 e. The number of anilines is 1. The van der Waals surface area contributed by atoms with Crippen LogP contribution in [0, 0.1) is 0 Å². The second-order valence-electron chi connectivity index (χ2n) is 5.86. The third-order valence-electron chi connectivity index (χ3n) is 3.92. The highest BCUT2D eigenvalue weighted by Crippen LogP contribution is 2.41. The van der Waals surface area contributed by atoms with Gasteiger partial charge in [-0.2, -0.15) is 17.6 Å². The molecule has 1 amide bonds. The Kier molecular flexibility index (Phi) is 6.50. The molecule has 0 fully saturated rings. The molecule has 0 aliphatic carbocycles. The average Bonchev–Trinajstić information content (AvgIpc) is 2.67. The van der Waals surface area contributed by atoms with Crippen molar-refractivity contribution in [2.75, 3.05) is 11.1 Å². The Hall–Kier alpha value is -3.21. The van der Waals surface area contributed by atoms with E-state index in [4.69, 9.17) is 0 Å². The Bertz CT molecular complexity index is 1010. The summed E-state index contributed by atoms with van der Waals surface area (Å²) in [5.41, 5.74) is 0.504. The quantitative estimate of drug-likeness (QED) is 0.603. The number of carboxylic acid groups (broad SMARTS) is 1. The van der Waals surface area contributed by atoms with Crippen molar-refractivity contribution in [3.63, 3.8) is 0 Å². The zero-order chi connectivity index (χ0) is 21.8. The molecule has 1 aliphatic heterocycles. The number of hydrogen-bond acceptors (Lipinski definition) is 5. The fourth-order valence-electron chi connectivity index (χ4n) is 2.67. The van der Waals surface area contributed by atoms with Crippen molar-refractivity contribution in [1.82, 2.24) is 0 Å². The van der Waals surface area contributed by atoms with Gasteiger partial charge in [-0.25, -0.2) is 4.79 Å². The van der Waals surface area contributed by atoms with Gasteiger partial charge >= 0.3 is 19.2 Å². The fourth-order valence-corrected chi connectivity index (χ4v) is 3.67. The van der Waals surface area contributed by atoms with Gasteiger partial charge in [0.05, 0.1) is 11.3 Å². The van der Waals surface area contributed by atoms with E-state index in [0.717, 1.165) is 23.9 Å². The number of benzene rings is 2. The first-order valence-corrected chi connectivity index (χ1v) is 9.28. The summed E-state index contributed by atoms with van der Waals surface area (Å²) in [6.07, 6.45) is 1.38. The number of rotatable bonds is 7. The summed E-state index contributed by atoms with van der Waals surface area (Å²) in [5, 5.41) is 11.7. The Morgan fingerprint density at radius 3 is 2.30 bits per heavy atom. The minimum atomic E-state index is -3.27. The van der Waals surface area contributed by atoms with E-state index in [-0.39, 0.29) is 22.6 Å². The van der Waals surface area contributed by atoms with Crippen LogP contribution in [0.15, 0.2) is 46.9 Å². The molecule has 158 valence electrons. The topological polar surface area (TPSA) is 84.9 Å². The molecular formula is C19H13F4NO5S. The molecule has 0 radical (unpaired) electrons. The molecule has 0 spiro atoms. The first-order valence-electron chi connectivity index (χ1n) is 8.29. The van der Waals surface area contributed by atoms with Crippen LogP contribution in [0.1, 0.15) is 15.9 Å². The third-order valence-corrected chi connectivity index (χ3v) is 5.04. The lowest BCUT2D eigenvalue weighted by Crippen LogP contribution is -2.19. The number of aromatic carboxylic acids is 1. The van der Waals surface area contributed by atoms with Gasteiger partial charge in [0.15, 0.2) is 11.5 Å². The third kappa shape index (κ3) is 5.03. The van der Waals surface area contributed by atoms with E-state index in [0.29, 0.717) is 10.5 Å². The molecule has 6 nitrogen and oxygen atoms in total. The number of nitrogens with one attached hydrogen (secondary N) is 1. The van der Waals surface area contributed by atoms with Crippen molar-refractivity contribution in [3.05, 3.63) is 53.1 Å². The molecule has 1 aliphatic rings. The van der Waals surface area contributed by atoms with Crippen LogP contribution in [0.25, 0.3) is 6.08 Å². The summed E-state index contributed by atoms with van der Waals surface area (Å²) in [5.74, 6) is -2.82. The summed E-state index contributed by atoms with van der Waals surface area (Å²) >= 11 is 1.10. The van der Waals surface area contributed by atoms with Crippen LogP contribution >= 0.6 is 11.8 Å². The van der Waals surface area contributed by atoms with Gasteiger partial charge in [-0.15, -0.1) is 11.8 Å². The lowest BCUT2D eigenvalue weighted by atomic mass is 10.1. The van der Waals surface area contributed by atoms with Crippen LogP contribution in [0.4, 0.5) is 23.2 Å². The van der Waals surface area contributed by atoms with Crippen molar-refractivity contribution in [3.8, 4) is 11.5 Å². The molecule has 0 saturated heterocycles. The van der Waals surface area contributed by atoms with Crippen LogP contribution in [0.3, 0.4) is 0 Å². The summed E-state index contributed by atoms with van der Waals surface area (Å²) in [4.78, 5) is 24.3. The van der Waals surface area contributed by atoms with Crippen LogP contribution < -0.4 is 14.8 Å². The second kappa shape index (κ2) is 9.08. The largest absolute Gasteiger partial charge is 0.478 e. The lowest BCUT2D eigenvalue weighted by molar-refractivity contribution is -0.112. The molecule has 11 heteroatoms. The summed E-state index contributed by atoms with van der Waals surface area (Å²) in [6.45, 7) is -6.50. The molecule has 2 aromatic carbocycles. The number of ether oxygens (including phenoxy) is 2. The SMILES string of the molecule is O=C(Nc1ccccc1C(=O)O)C1=Cc2cc(OC(F)F)c(OC(F)F)cc2SC1. The van der Waals surface area contributed by atoms with Gasteiger partial charge in [-0.05, 0) is 35.9 Å². The number of halogens is 4. The Balaban J connectivity index is 1.89. The highest BCUT2D eigenvalue weighted by atomic mass is 32.2. The van der Waals surface area contributed by atoms with Gasteiger partial charge in [-0.3, -0.25) is 4.79 Å². The first-order chi connectivity index (χ1) is 14.2. The van der Waals surface area contributed by atoms with E-state index in [2.05, 4.69) is 14.8 Å². The van der Waals surface area contributed by atoms with Crippen molar-refractivity contribution in [2.24, 2.45) is 0 Å². The van der Waals surface area contributed by atoms with Gasteiger partial charge < -0.3 is 19.9 Å². The van der Waals surface area contributed by atoms with E-state index < -0.39 is 36.6 Å². The average molecular weight is 443 g/mol. The van der Waals surface area contributed by atoms with Gasteiger partial charge in [0, 0.05) is 16.2 Å². The molecule has 3 rings (SSSR count). The monoisotopic (exact) mass is 443 g/mol. The number of para-hydroxylation sites is 1. The maximum Gasteiger partial charge on any atom is 0.387 e. The number of carbonyl (C=O) groups is 2. The molecule has 30 heavy (non-hydrogen) atoms. The molecule has 0 unspecified atom stereocenters. The number of carboxylic acids is 1. The number of hydrogen-bond donors (Lipinski definition) is 2. The summed E-state index contributed by atoms with van der Waals surface area (Å²) in [6, 6.07) is 8.03.